The minimum absolute atomic E-state index is 0.0932. The van der Waals surface area contributed by atoms with Gasteiger partial charge in [0.1, 0.15) is 5.75 Å². The van der Waals surface area contributed by atoms with Gasteiger partial charge in [-0.1, -0.05) is 0 Å². The SMILES string of the molecule is COc1ccc2[nH]cc(C(C)(Cl)CNC(C)=O)c2c1. The smallest absolute Gasteiger partial charge is 0.216 e. The van der Waals surface area contributed by atoms with Crippen LogP contribution in [0.25, 0.3) is 10.9 Å². The minimum Gasteiger partial charge on any atom is -0.497 e. The third-order valence-corrected chi connectivity index (χ3v) is 3.46. The maximum absolute atomic E-state index is 11.0. The number of ether oxygens (including phenoxy) is 1. The molecule has 5 heteroatoms. The first kappa shape index (κ1) is 13.7. The number of aromatic nitrogens is 1. The summed E-state index contributed by atoms with van der Waals surface area (Å²) in [5.74, 6) is 0.685. The third kappa shape index (κ3) is 2.84. The lowest BCUT2D eigenvalue weighted by Crippen LogP contribution is -2.33. The molecule has 1 amide bonds. The van der Waals surface area contributed by atoms with E-state index in [1.54, 1.807) is 7.11 Å². The monoisotopic (exact) mass is 280 g/mol. The van der Waals surface area contributed by atoms with Gasteiger partial charge in [-0.25, -0.2) is 0 Å². The molecule has 2 N–H and O–H groups in total. The van der Waals surface area contributed by atoms with Gasteiger partial charge in [0.05, 0.1) is 12.0 Å². The van der Waals surface area contributed by atoms with E-state index in [1.165, 1.54) is 6.92 Å². The molecule has 0 aliphatic carbocycles. The molecule has 4 nitrogen and oxygen atoms in total. The zero-order valence-electron chi connectivity index (χ0n) is 11.2. The number of carbonyl (C=O) groups excluding carboxylic acids is 1. The molecule has 0 saturated carbocycles. The quantitative estimate of drug-likeness (QED) is 0.846. The first-order valence-corrected chi connectivity index (χ1v) is 6.41. The predicted molar refractivity (Wildman–Crippen MR) is 76.7 cm³/mol. The average molecular weight is 281 g/mol. The van der Waals surface area contributed by atoms with Crippen molar-refractivity contribution in [2.45, 2.75) is 18.7 Å². The third-order valence-electron chi connectivity index (χ3n) is 3.12. The van der Waals surface area contributed by atoms with Crippen molar-refractivity contribution in [3.8, 4) is 5.75 Å². The van der Waals surface area contributed by atoms with Crippen LogP contribution in [0, 0.1) is 0 Å². The Kier molecular flexibility index (Phi) is 3.71. The Bertz CT molecular complexity index is 605. The number of rotatable bonds is 4. The molecule has 102 valence electrons. The lowest BCUT2D eigenvalue weighted by Gasteiger charge is -2.22. The number of amides is 1. The van der Waals surface area contributed by atoms with Gasteiger partial charge in [0.25, 0.3) is 0 Å². The van der Waals surface area contributed by atoms with Gasteiger partial charge >= 0.3 is 0 Å². The van der Waals surface area contributed by atoms with Crippen molar-refractivity contribution >= 4 is 28.4 Å². The lowest BCUT2D eigenvalue weighted by atomic mass is 9.99. The van der Waals surface area contributed by atoms with E-state index in [2.05, 4.69) is 10.3 Å². The van der Waals surface area contributed by atoms with E-state index in [0.717, 1.165) is 22.2 Å². The van der Waals surface area contributed by atoms with Gasteiger partial charge in [-0.15, -0.1) is 11.6 Å². The second kappa shape index (κ2) is 5.13. The number of fused-ring (bicyclic) bond motifs is 1. The molecule has 0 radical (unpaired) electrons. The molecule has 0 spiro atoms. The topological polar surface area (TPSA) is 54.1 Å². The highest BCUT2D eigenvalue weighted by Gasteiger charge is 2.27. The fraction of sp³-hybridized carbons (Fsp3) is 0.357. The number of nitrogens with one attached hydrogen (secondary N) is 2. The van der Waals surface area contributed by atoms with E-state index >= 15 is 0 Å². The number of carbonyl (C=O) groups is 1. The maximum Gasteiger partial charge on any atom is 0.216 e. The molecule has 1 atom stereocenters. The standard InChI is InChI=1S/C14H17ClN2O2/c1-9(18)17-8-14(2,15)12-7-16-13-5-4-10(19-3)6-11(12)13/h4-7,16H,8H2,1-3H3,(H,17,18). The van der Waals surface area contributed by atoms with Crippen molar-refractivity contribution in [1.29, 1.82) is 0 Å². The van der Waals surface area contributed by atoms with Crippen LogP contribution in [0.4, 0.5) is 0 Å². The molecule has 2 aromatic rings. The van der Waals surface area contributed by atoms with E-state index in [9.17, 15) is 4.79 Å². The van der Waals surface area contributed by atoms with E-state index in [1.807, 2.05) is 31.3 Å². The van der Waals surface area contributed by atoms with E-state index in [0.29, 0.717) is 6.54 Å². The summed E-state index contributed by atoms with van der Waals surface area (Å²) in [5, 5.41) is 3.75. The van der Waals surface area contributed by atoms with Gasteiger partial charge in [-0.05, 0) is 30.7 Å². The summed E-state index contributed by atoms with van der Waals surface area (Å²) >= 11 is 6.55. The molecular weight excluding hydrogens is 264 g/mol. The Balaban J connectivity index is 2.40. The van der Waals surface area contributed by atoms with Crippen LogP contribution >= 0.6 is 11.6 Å². The average Bonchev–Trinajstić information content (AvgIpc) is 2.79. The Hall–Kier alpha value is -1.68. The number of hydrogen-bond donors (Lipinski definition) is 2. The number of hydrogen-bond acceptors (Lipinski definition) is 2. The Morgan fingerprint density at radius 1 is 1.53 bits per heavy atom. The molecule has 0 fully saturated rings. The molecule has 0 aliphatic rings. The van der Waals surface area contributed by atoms with E-state index in [4.69, 9.17) is 16.3 Å². The zero-order chi connectivity index (χ0) is 14.0. The maximum atomic E-state index is 11.0. The molecule has 1 heterocycles. The molecule has 0 bridgehead atoms. The van der Waals surface area contributed by atoms with Gasteiger partial charge < -0.3 is 15.0 Å². The zero-order valence-corrected chi connectivity index (χ0v) is 12.0. The molecule has 0 aliphatic heterocycles. The van der Waals surface area contributed by atoms with Crippen LogP contribution in [0.5, 0.6) is 5.75 Å². The van der Waals surface area contributed by atoms with E-state index < -0.39 is 4.87 Å². The van der Waals surface area contributed by atoms with Crippen molar-refractivity contribution in [2.75, 3.05) is 13.7 Å². The largest absolute Gasteiger partial charge is 0.497 e. The number of aromatic amines is 1. The Labute approximate surface area is 117 Å². The summed E-state index contributed by atoms with van der Waals surface area (Å²) in [6.45, 7) is 3.73. The fourth-order valence-electron chi connectivity index (χ4n) is 2.04. The van der Waals surface area contributed by atoms with E-state index in [-0.39, 0.29) is 5.91 Å². The van der Waals surface area contributed by atoms with Crippen molar-refractivity contribution in [2.24, 2.45) is 0 Å². The van der Waals surface area contributed by atoms with Crippen molar-refractivity contribution in [1.82, 2.24) is 10.3 Å². The molecule has 1 aromatic heterocycles. The molecule has 0 saturated heterocycles. The molecular formula is C14H17ClN2O2. The lowest BCUT2D eigenvalue weighted by molar-refractivity contribution is -0.119. The van der Waals surface area contributed by atoms with Crippen LogP contribution in [0.15, 0.2) is 24.4 Å². The minimum atomic E-state index is -0.670. The first-order valence-electron chi connectivity index (χ1n) is 6.03. The highest BCUT2D eigenvalue weighted by atomic mass is 35.5. The van der Waals surface area contributed by atoms with Crippen molar-refractivity contribution in [3.05, 3.63) is 30.0 Å². The second-order valence-electron chi connectivity index (χ2n) is 4.72. The Morgan fingerprint density at radius 2 is 2.26 bits per heavy atom. The van der Waals surface area contributed by atoms with Gasteiger partial charge in [-0.3, -0.25) is 4.79 Å². The molecule has 1 aromatic carbocycles. The highest BCUT2D eigenvalue weighted by molar-refractivity contribution is 6.25. The van der Waals surface area contributed by atoms with Crippen LogP contribution in [0.2, 0.25) is 0 Å². The van der Waals surface area contributed by atoms with Crippen LogP contribution < -0.4 is 10.1 Å². The number of methoxy groups -OCH3 is 1. The summed E-state index contributed by atoms with van der Waals surface area (Å²) in [5.41, 5.74) is 1.93. The summed E-state index contributed by atoms with van der Waals surface area (Å²) in [4.78, 5) is 13.5. The predicted octanol–water partition coefficient (Wildman–Crippen LogP) is 2.77. The van der Waals surface area contributed by atoms with Crippen molar-refractivity contribution < 1.29 is 9.53 Å². The van der Waals surface area contributed by atoms with Crippen LogP contribution in [-0.4, -0.2) is 24.5 Å². The van der Waals surface area contributed by atoms with Gasteiger partial charge in [-0.2, -0.15) is 0 Å². The second-order valence-corrected chi connectivity index (χ2v) is 5.56. The van der Waals surface area contributed by atoms with Gasteiger partial charge in [0, 0.05) is 30.6 Å². The first-order chi connectivity index (χ1) is 8.94. The van der Waals surface area contributed by atoms with Crippen LogP contribution in [-0.2, 0) is 9.67 Å². The van der Waals surface area contributed by atoms with Crippen LogP contribution in [0.1, 0.15) is 19.4 Å². The van der Waals surface area contributed by atoms with Gasteiger partial charge in [0.15, 0.2) is 0 Å². The number of alkyl halides is 1. The molecule has 19 heavy (non-hydrogen) atoms. The Morgan fingerprint density at radius 3 is 2.89 bits per heavy atom. The number of H-pyrrole nitrogens is 1. The summed E-state index contributed by atoms with van der Waals surface area (Å²) in [7, 11) is 1.63. The molecule has 1 unspecified atom stereocenters. The summed E-state index contributed by atoms with van der Waals surface area (Å²) < 4.78 is 5.23. The normalized spacial score (nSPS) is 14.1. The molecule has 2 rings (SSSR count). The number of halogens is 1. The number of benzene rings is 1. The van der Waals surface area contributed by atoms with Crippen molar-refractivity contribution in [3.63, 3.8) is 0 Å². The summed E-state index contributed by atoms with van der Waals surface area (Å²) in [6, 6.07) is 5.78. The van der Waals surface area contributed by atoms with Crippen LogP contribution in [0.3, 0.4) is 0 Å². The fourth-order valence-corrected chi connectivity index (χ4v) is 2.27. The highest BCUT2D eigenvalue weighted by Crippen LogP contribution is 2.35. The summed E-state index contributed by atoms with van der Waals surface area (Å²) in [6.07, 6.45) is 1.87. The van der Waals surface area contributed by atoms with Gasteiger partial charge in [0.2, 0.25) is 5.91 Å².